The molecule has 150 valence electrons. The third kappa shape index (κ3) is 6.04. The number of halogens is 6. The minimum Gasteiger partial charge on any atom is -0.462 e. The Bertz CT molecular complexity index is 450. The minimum absolute atomic E-state index is 0.300. The van der Waals surface area contributed by atoms with E-state index >= 15 is 0 Å². The molecule has 0 heterocycles. The maximum atomic E-state index is 12.7. The van der Waals surface area contributed by atoms with Gasteiger partial charge in [0.25, 0.3) is 5.60 Å². The first-order valence-corrected chi connectivity index (χ1v) is 7.86. The highest BCUT2D eigenvalue weighted by atomic mass is 19.4. The first-order valence-electron chi connectivity index (χ1n) is 7.86. The molecule has 9 heteroatoms. The molecule has 25 heavy (non-hydrogen) atoms. The Kier molecular flexibility index (Phi) is 7.03. The van der Waals surface area contributed by atoms with Crippen molar-refractivity contribution in [3.63, 3.8) is 0 Å². The fourth-order valence-electron chi connectivity index (χ4n) is 2.69. The van der Waals surface area contributed by atoms with Gasteiger partial charge in [-0.2, -0.15) is 26.3 Å². The molecule has 0 saturated heterocycles. The van der Waals surface area contributed by atoms with Crippen molar-refractivity contribution in [2.45, 2.75) is 84.9 Å². The van der Waals surface area contributed by atoms with Crippen LogP contribution in [-0.2, 0) is 9.53 Å². The maximum Gasteiger partial charge on any atom is 0.426 e. The van der Waals surface area contributed by atoms with Crippen LogP contribution < -0.4 is 0 Å². The Morgan fingerprint density at radius 2 is 1.40 bits per heavy atom. The molecule has 2 atom stereocenters. The monoisotopic (exact) mass is 380 g/mol. The second-order valence-corrected chi connectivity index (χ2v) is 7.93. The molecule has 0 aromatic heterocycles. The van der Waals surface area contributed by atoms with E-state index in [2.05, 4.69) is 0 Å². The van der Waals surface area contributed by atoms with Crippen molar-refractivity contribution in [3.8, 4) is 0 Å². The van der Waals surface area contributed by atoms with Crippen LogP contribution in [0, 0.1) is 10.8 Å². The summed E-state index contributed by atoms with van der Waals surface area (Å²) in [4.78, 5) is 12.3. The molecule has 0 saturated carbocycles. The fourth-order valence-corrected chi connectivity index (χ4v) is 2.69. The molecule has 0 bridgehead atoms. The van der Waals surface area contributed by atoms with E-state index in [9.17, 15) is 36.2 Å². The van der Waals surface area contributed by atoms with E-state index in [1.165, 1.54) is 0 Å². The van der Waals surface area contributed by atoms with Gasteiger partial charge in [-0.3, -0.25) is 4.79 Å². The average molecular weight is 380 g/mol. The van der Waals surface area contributed by atoms with E-state index in [-0.39, 0.29) is 5.41 Å². The van der Waals surface area contributed by atoms with Gasteiger partial charge in [0.15, 0.2) is 0 Å². The van der Waals surface area contributed by atoms with Crippen molar-refractivity contribution in [3.05, 3.63) is 0 Å². The molecule has 0 rings (SSSR count). The molecule has 0 aliphatic rings. The predicted molar refractivity (Wildman–Crippen MR) is 79.7 cm³/mol. The molecule has 0 amide bonds. The zero-order chi connectivity index (χ0) is 20.5. The summed E-state index contributed by atoms with van der Waals surface area (Å²) in [5.74, 6) is -0.885. The largest absolute Gasteiger partial charge is 0.462 e. The van der Waals surface area contributed by atoms with Crippen LogP contribution in [-0.4, -0.2) is 35.1 Å². The summed E-state index contributed by atoms with van der Waals surface area (Å²) in [5, 5.41) is 9.17. The van der Waals surface area contributed by atoms with E-state index in [1.54, 1.807) is 13.8 Å². The highest BCUT2D eigenvalue weighted by molar-refractivity contribution is 5.76. The van der Waals surface area contributed by atoms with Gasteiger partial charge in [0, 0.05) is 6.42 Å². The van der Waals surface area contributed by atoms with Gasteiger partial charge in [-0.15, -0.1) is 0 Å². The molecule has 1 N–H and O–H groups in total. The van der Waals surface area contributed by atoms with Crippen molar-refractivity contribution in [1.29, 1.82) is 0 Å². The predicted octanol–water partition coefficient (Wildman–Crippen LogP) is 5.02. The number of ether oxygens (including phenoxy) is 1. The van der Waals surface area contributed by atoms with Crippen LogP contribution in [0.2, 0.25) is 0 Å². The molecule has 0 aliphatic carbocycles. The summed E-state index contributed by atoms with van der Waals surface area (Å²) in [5.41, 5.74) is -6.29. The van der Waals surface area contributed by atoms with Crippen molar-refractivity contribution < 1.29 is 41.0 Å². The molecular weight excluding hydrogens is 354 g/mol. The standard InChI is InChI=1S/C16H26F6O3/c1-7-13(6,9-12(3,4)5)11(23)25-10(2)8-14(24,15(17,18)19)16(20,21)22/h10,24H,7-9H2,1-6H3. The van der Waals surface area contributed by atoms with Crippen molar-refractivity contribution >= 4 is 5.97 Å². The molecule has 0 radical (unpaired) electrons. The van der Waals surface area contributed by atoms with Crippen LogP contribution in [0.4, 0.5) is 26.3 Å². The van der Waals surface area contributed by atoms with Gasteiger partial charge in [-0.05, 0) is 32.1 Å². The highest BCUT2D eigenvalue weighted by Crippen LogP contribution is 2.46. The summed E-state index contributed by atoms with van der Waals surface area (Å²) in [6.45, 7) is 9.68. The second-order valence-electron chi connectivity index (χ2n) is 7.93. The summed E-state index contributed by atoms with van der Waals surface area (Å²) in [6.07, 6.45) is -14.8. The Morgan fingerprint density at radius 3 is 1.68 bits per heavy atom. The lowest BCUT2D eigenvalue weighted by atomic mass is 9.73. The number of carbonyl (C=O) groups excluding carboxylic acids is 1. The summed E-state index contributed by atoms with van der Waals surface area (Å²) >= 11 is 0. The van der Waals surface area contributed by atoms with Gasteiger partial charge in [-0.25, -0.2) is 0 Å². The summed E-state index contributed by atoms with van der Waals surface area (Å²) < 4.78 is 81.1. The normalized spacial score (nSPS) is 17.8. The molecule has 0 fully saturated rings. The van der Waals surface area contributed by atoms with Crippen LogP contribution in [0.5, 0.6) is 0 Å². The Balaban J connectivity index is 5.32. The third-order valence-electron chi connectivity index (χ3n) is 4.02. The highest BCUT2D eigenvalue weighted by Gasteiger charge is 2.70. The fraction of sp³-hybridized carbons (Fsp3) is 0.938. The number of hydrogen-bond acceptors (Lipinski definition) is 3. The quantitative estimate of drug-likeness (QED) is 0.520. The van der Waals surface area contributed by atoms with E-state index in [0.29, 0.717) is 12.8 Å². The lowest BCUT2D eigenvalue weighted by Gasteiger charge is -2.36. The number of hydrogen-bond donors (Lipinski definition) is 1. The van der Waals surface area contributed by atoms with Crippen LogP contribution in [0.3, 0.4) is 0 Å². The lowest BCUT2D eigenvalue weighted by Crippen LogP contribution is -2.58. The molecule has 0 aliphatic heterocycles. The van der Waals surface area contributed by atoms with Crippen LogP contribution in [0.15, 0.2) is 0 Å². The van der Waals surface area contributed by atoms with Crippen molar-refractivity contribution in [2.24, 2.45) is 10.8 Å². The number of esters is 1. The Labute approximate surface area is 143 Å². The Morgan fingerprint density at radius 1 is 1.00 bits per heavy atom. The summed E-state index contributed by atoms with van der Waals surface area (Å²) in [6, 6.07) is 0. The maximum absolute atomic E-state index is 12.7. The number of rotatable bonds is 6. The number of alkyl halides is 6. The Hall–Kier alpha value is -0.990. The molecule has 0 spiro atoms. The lowest BCUT2D eigenvalue weighted by molar-refractivity contribution is -0.373. The van der Waals surface area contributed by atoms with Gasteiger partial charge in [0.05, 0.1) is 5.41 Å². The van der Waals surface area contributed by atoms with Gasteiger partial charge < -0.3 is 9.84 Å². The van der Waals surface area contributed by atoms with E-state index < -0.39 is 41.9 Å². The summed E-state index contributed by atoms with van der Waals surface area (Å²) in [7, 11) is 0. The molecular formula is C16H26F6O3. The van der Waals surface area contributed by atoms with Gasteiger partial charge in [0.1, 0.15) is 6.10 Å². The zero-order valence-electron chi connectivity index (χ0n) is 15.2. The molecule has 0 aromatic rings. The first kappa shape index (κ1) is 24.0. The third-order valence-corrected chi connectivity index (χ3v) is 4.02. The number of aliphatic hydroxyl groups is 1. The topological polar surface area (TPSA) is 46.5 Å². The van der Waals surface area contributed by atoms with Crippen LogP contribution in [0.1, 0.15) is 60.8 Å². The van der Waals surface area contributed by atoms with Gasteiger partial charge >= 0.3 is 18.3 Å². The van der Waals surface area contributed by atoms with Gasteiger partial charge in [-0.1, -0.05) is 27.7 Å². The molecule has 3 nitrogen and oxygen atoms in total. The van der Waals surface area contributed by atoms with E-state index in [4.69, 9.17) is 4.74 Å². The van der Waals surface area contributed by atoms with Gasteiger partial charge in [0.2, 0.25) is 0 Å². The van der Waals surface area contributed by atoms with Crippen molar-refractivity contribution in [2.75, 3.05) is 0 Å². The van der Waals surface area contributed by atoms with Crippen molar-refractivity contribution in [1.82, 2.24) is 0 Å². The number of carbonyl (C=O) groups is 1. The SMILES string of the molecule is CCC(C)(CC(C)(C)C)C(=O)OC(C)CC(O)(C(F)(F)F)C(F)(F)F. The zero-order valence-corrected chi connectivity index (χ0v) is 15.2. The average Bonchev–Trinajstić information content (AvgIpc) is 2.33. The van der Waals surface area contributed by atoms with Crippen LogP contribution >= 0.6 is 0 Å². The smallest absolute Gasteiger partial charge is 0.426 e. The molecule has 2 unspecified atom stereocenters. The first-order chi connectivity index (χ1) is 10.8. The molecule has 0 aromatic carbocycles. The van der Waals surface area contributed by atoms with Crippen LogP contribution in [0.25, 0.3) is 0 Å². The van der Waals surface area contributed by atoms with E-state index in [0.717, 1.165) is 6.92 Å². The minimum atomic E-state index is -5.94. The van der Waals surface area contributed by atoms with E-state index in [1.807, 2.05) is 20.8 Å². The second kappa shape index (κ2) is 7.32.